The molecule has 0 radical (unpaired) electrons. The smallest absolute Gasteiger partial charge is 0.327 e. The molecule has 3 nitrogen and oxygen atoms in total. The molecule has 14 heavy (non-hydrogen) atoms. The van der Waals surface area contributed by atoms with E-state index in [2.05, 4.69) is 10.1 Å². The van der Waals surface area contributed by atoms with Gasteiger partial charge in [-0.05, 0) is 11.1 Å². The third-order valence-electron chi connectivity index (χ3n) is 2.30. The van der Waals surface area contributed by atoms with Gasteiger partial charge >= 0.3 is 5.97 Å². The molecule has 0 spiro atoms. The number of benzene rings is 1. The van der Waals surface area contributed by atoms with Crippen LogP contribution < -0.4 is 5.32 Å². The van der Waals surface area contributed by atoms with Gasteiger partial charge in [-0.3, -0.25) is 5.32 Å². The van der Waals surface area contributed by atoms with E-state index in [4.69, 9.17) is 0 Å². The number of methoxy groups -OCH3 is 1. The molecule has 1 atom stereocenters. The normalized spacial score (nSPS) is 18.2. The lowest BCUT2D eigenvalue weighted by Crippen LogP contribution is -2.22. The topological polar surface area (TPSA) is 38.3 Å². The molecule has 1 aliphatic heterocycles. The van der Waals surface area contributed by atoms with Crippen LogP contribution in [0.1, 0.15) is 17.2 Å². The fraction of sp³-hybridized carbons (Fsp3) is 0.300. The second-order valence-electron chi connectivity index (χ2n) is 3.04. The Kier molecular flexibility index (Phi) is 3.49. The molecule has 76 valence electrons. The first-order valence-electron chi connectivity index (χ1n) is 4.22. The van der Waals surface area contributed by atoms with E-state index in [9.17, 15) is 4.79 Å². The summed E-state index contributed by atoms with van der Waals surface area (Å²) < 4.78 is 4.69. The summed E-state index contributed by atoms with van der Waals surface area (Å²) in [6.45, 7) is 0.746. The molecule has 0 bridgehead atoms. The van der Waals surface area contributed by atoms with E-state index >= 15 is 0 Å². The zero-order valence-electron chi connectivity index (χ0n) is 7.82. The van der Waals surface area contributed by atoms with Crippen molar-refractivity contribution in [3.8, 4) is 0 Å². The Bertz CT molecular complexity index is 341. The minimum absolute atomic E-state index is 0. The highest BCUT2D eigenvalue weighted by molar-refractivity contribution is 5.85. The number of hydrogen-bond acceptors (Lipinski definition) is 3. The highest BCUT2D eigenvalue weighted by Crippen LogP contribution is 2.25. The third-order valence-corrected chi connectivity index (χ3v) is 2.30. The second-order valence-corrected chi connectivity index (χ2v) is 3.04. The molecular weight excluding hydrogens is 202 g/mol. The molecule has 0 aromatic heterocycles. The Balaban J connectivity index is 0.000000980. The highest BCUT2D eigenvalue weighted by Gasteiger charge is 2.27. The van der Waals surface area contributed by atoms with E-state index in [0.29, 0.717) is 0 Å². The summed E-state index contributed by atoms with van der Waals surface area (Å²) in [4.78, 5) is 11.3. The molecule has 4 heteroatoms. The number of ether oxygens (including phenoxy) is 1. The molecular formula is C10H12ClNO2. The van der Waals surface area contributed by atoms with E-state index in [1.807, 2.05) is 24.3 Å². The summed E-state index contributed by atoms with van der Waals surface area (Å²) in [5.41, 5.74) is 2.22. The zero-order chi connectivity index (χ0) is 9.26. The van der Waals surface area contributed by atoms with Gasteiger partial charge in [0.05, 0.1) is 7.11 Å². The van der Waals surface area contributed by atoms with Crippen molar-refractivity contribution >= 4 is 18.4 Å². The van der Waals surface area contributed by atoms with Gasteiger partial charge in [-0.25, -0.2) is 4.79 Å². The number of halogens is 1. The van der Waals surface area contributed by atoms with Crippen molar-refractivity contribution in [3.05, 3.63) is 35.4 Å². The van der Waals surface area contributed by atoms with Gasteiger partial charge in [0.2, 0.25) is 0 Å². The molecule has 1 aromatic rings. The summed E-state index contributed by atoms with van der Waals surface area (Å²) in [5.74, 6) is -0.218. The Morgan fingerprint density at radius 3 is 2.93 bits per heavy atom. The van der Waals surface area contributed by atoms with E-state index in [1.165, 1.54) is 12.7 Å². The fourth-order valence-electron chi connectivity index (χ4n) is 1.63. The van der Waals surface area contributed by atoms with Crippen molar-refractivity contribution < 1.29 is 9.53 Å². The molecule has 2 rings (SSSR count). The van der Waals surface area contributed by atoms with E-state index in [0.717, 1.165) is 12.1 Å². The molecule has 0 fully saturated rings. The number of hydrogen-bond donors (Lipinski definition) is 1. The molecule has 1 heterocycles. The van der Waals surface area contributed by atoms with Crippen molar-refractivity contribution in [2.45, 2.75) is 12.6 Å². The van der Waals surface area contributed by atoms with Crippen LogP contribution in [0.5, 0.6) is 0 Å². The van der Waals surface area contributed by atoms with Crippen molar-refractivity contribution in [2.24, 2.45) is 0 Å². The Morgan fingerprint density at radius 1 is 1.50 bits per heavy atom. The first kappa shape index (κ1) is 11.0. The van der Waals surface area contributed by atoms with Crippen LogP contribution in [0.4, 0.5) is 0 Å². The first-order valence-corrected chi connectivity index (χ1v) is 4.22. The number of esters is 1. The molecule has 0 aliphatic carbocycles. The maximum Gasteiger partial charge on any atom is 0.327 e. The lowest BCUT2D eigenvalue weighted by Gasteiger charge is -2.08. The van der Waals surface area contributed by atoms with Crippen LogP contribution in [0.15, 0.2) is 24.3 Å². The number of fused-ring (bicyclic) bond motifs is 1. The third kappa shape index (κ3) is 1.74. The molecule has 1 aliphatic rings. The minimum atomic E-state index is -0.277. The molecule has 1 N–H and O–H groups in total. The number of carbonyl (C=O) groups excluding carboxylic acids is 1. The number of nitrogens with one attached hydrogen (secondary N) is 1. The summed E-state index contributed by atoms with van der Waals surface area (Å²) in [6.07, 6.45) is 0. The summed E-state index contributed by atoms with van der Waals surface area (Å²) >= 11 is 0. The molecule has 0 amide bonds. The first-order chi connectivity index (χ1) is 6.33. The second kappa shape index (κ2) is 4.44. The van der Waals surface area contributed by atoms with Gasteiger partial charge in [-0.15, -0.1) is 12.4 Å². The highest BCUT2D eigenvalue weighted by atomic mass is 35.5. The predicted molar refractivity (Wildman–Crippen MR) is 55.3 cm³/mol. The summed E-state index contributed by atoms with van der Waals surface area (Å²) in [6, 6.07) is 7.60. The van der Waals surface area contributed by atoms with E-state index in [1.54, 1.807) is 0 Å². The van der Waals surface area contributed by atoms with Crippen molar-refractivity contribution in [2.75, 3.05) is 7.11 Å². The largest absolute Gasteiger partial charge is 0.468 e. The Labute approximate surface area is 88.9 Å². The fourth-order valence-corrected chi connectivity index (χ4v) is 1.63. The van der Waals surface area contributed by atoms with Crippen molar-refractivity contribution in [1.82, 2.24) is 5.32 Å². The van der Waals surface area contributed by atoms with Crippen LogP contribution in [0, 0.1) is 0 Å². The SMILES string of the molecule is COC(=O)[C@H]1NCc2ccccc21.Cl. The monoisotopic (exact) mass is 213 g/mol. The summed E-state index contributed by atoms with van der Waals surface area (Å²) in [5, 5.41) is 3.10. The average Bonchev–Trinajstić information content (AvgIpc) is 2.60. The number of rotatable bonds is 1. The van der Waals surface area contributed by atoms with Crippen LogP contribution in [-0.2, 0) is 16.1 Å². The molecule has 0 saturated heterocycles. The van der Waals surface area contributed by atoms with Crippen LogP contribution in [0.25, 0.3) is 0 Å². The number of carbonyl (C=O) groups is 1. The van der Waals surface area contributed by atoms with Gasteiger partial charge in [-0.1, -0.05) is 24.3 Å². The van der Waals surface area contributed by atoms with Crippen molar-refractivity contribution in [3.63, 3.8) is 0 Å². The van der Waals surface area contributed by atoms with Crippen molar-refractivity contribution in [1.29, 1.82) is 0 Å². The maximum atomic E-state index is 11.3. The minimum Gasteiger partial charge on any atom is -0.468 e. The molecule has 0 saturated carbocycles. The van der Waals surface area contributed by atoms with Crippen LogP contribution in [0.2, 0.25) is 0 Å². The van der Waals surface area contributed by atoms with E-state index < -0.39 is 0 Å². The van der Waals surface area contributed by atoms with Gasteiger partial charge < -0.3 is 4.74 Å². The van der Waals surface area contributed by atoms with Crippen LogP contribution >= 0.6 is 12.4 Å². The molecule has 1 aromatic carbocycles. The van der Waals surface area contributed by atoms with Crippen LogP contribution in [0.3, 0.4) is 0 Å². The maximum absolute atomic E-state index is 11.3. The van der Waals surface area contributed by atoms with Gasteiger partial charge in [0.25, 0.3) is 0 Å². The van der Waals surface area contributed by atoms with E-state index in [-0.39, 0.29) is 24.4 Å². The molecule has 0 unspecified atom stereocenters. The van der Waals surface area contributed by atoms with Gasteiger partial charge in [0, 0.05) is 6.54 Å². The van der Waals surface area contributed by atoms with Crippen LogP contribution in [-0.4, -0.2) is 13.1 Å². The van der Waals surface area contributed by atoms with Gasteiger partial charge in [-0.2, -0.15) is 0 Å². The lowest BCUT2D eigenvalue weighted by molar-refractivity contribution is -0.143. The zero-order valence-corrected chi connectivity index (χ0v) is 8.64. The predicted octanol–water partition coefficient (Wildman–Crippen LogP) is 1.43. The lowest BCUT2D eigenvalue weighted by atomic mass is 10.1. The average molecular weight is 214 g/mol. The van der Waals surface area contributed by atoms with Gasteiger partial charge in [0.15, 0.2) is 0 Å². The summed E-state index contributed by atoms with van der Waals surface area (Å²) in [7, 11) is 1.41. The standard InChI is InChI=1S/C10H11NO2.ClH/c1-13-10(12)9-8-5-3-2-4-7(8)6-11-9;/h2-5,9,11H,6H2,1H3;1H/t9-;/m0./s1. The Morgan fingerprint density at radius 2 is 2.21 bits per heavy atom. The van der Waals surface area contributed by atoms with Gasteiger partial charge in [0.1, 0.15) is 6.04 Å². The Hall–Kier alpha value is -1.06. The quantitative estimate of drug-likeness (QED) is 0.718.